The van der Waals surface area contributed by atoms with Crippen molar-refractivity contribution in [1.29, 1.82) is 0 Å². The van der Waals surface area contributed by atoms with Crippen LogP contribution in [0.25, 0.3) is 0 Å². The largest absolute Gasteiger partial charge is 0.465 e. The molecule has 0 radical (unpaired) electrons. The van der Waals surface area contributed by atoms with Gasteiger partial charge < -0.3 is 9.64 Å². The molecule has 0 aromatic rings. The number of esters is 1. The minimum Gasteiger partial charge on any atom is -0.465 e. The van der Waals surface area contributed by atoms with Gasteiger partial charge in [0, 0.05) is 26.1 Å². The van der Waals surface area contributed by atoms with Gasteiger partial charge in [0.1, 0.15) is 5.54 Å². The van der Waals surface area contributed by atoms with Crippen molar-refractivity contribution < 1.29 is 14.3 Å². The summed E-state index contributed by atoms with van der Waals surface area (Å²) in [6.45, 7) is 9.15. The molecule has 0 aromatic heterocycles. The number of hydrogen-bond donors (Lipinski definition) is 1. The van der Waals surface area contributed by atoms with Crippen molar-refractivity contribution >= 4 is 11.9 Å². The third kappa shape index (κ3) is 3.93. The van der Waals surface area contributed by atoms with Crippen molar-refractivity contribution in [3.05, 3.63) is 0 Å². The Kier molecular flexibility index (Phi) is 5.79. The van der Waals surface area contributed by atoms with Crippen LogP contribution in [0.5, 0.6) is 0 Å². The second-order valence-corrected chi connectivity index (χ2v) is 5.26. The lowest BCUT2D eigenvalue weighted by Gasteiger charge is -2.41. The first-order valence-electron chi connectivity index (χ1n) is 7.15. The maximum Gasteiger partial charge on any atom is 0.326 e. The van der Waals surface area contributed by atoms with Crippen LogP contribution in [0, 0.1) is 0 Å². The highest BCUT2D eigenvalue weighted by Crippen LogP contribution is 2.25. The smallest absolute Gasteiger partial charge is 0.326 e. The first-order valence-corrected chi connectivity index (χ1v) is 7.15. The second-order valence-electron chi connectivity index (χ2n) is 5.26. The summed E-state index contributed by atoms with van der Waals surface area (Å²) in [4.78, 5) is 25.4. The van der Waals surface area contributed by atoms with Gasteiger partial charge in [-0.05, 0) is 33.1 Å². The van der Waals surface area contributed by atoms with Crippen molar-refractivity contribution in [3.63, 3.8) is 0 Å². The predicted molar refractivity (Wildman–Crippen MR) is 73.7 cm³/mol. The monoisotopic (exact) mass is 270 g/mol. The fraction of sp³-hybridized carbons (Fsp3) is 0.857. The Labute approximate surface area is 115 Å². The van der Waals surface area contributed by atoms with Gasteiger partial charge in [-0.3, -0.25) is 14.9 Å². The van der Waals surface area contributed by atoms with Crippen LogP contribution in [-0.4, -0.2) is 48.1 Å². The van der Waals surface area contributed by atoms with Crippen LogP contribution < -0.4 is 5.32 Å². The fourth-order valence-electron chi connectivity index (χ4n) is 2.45. The van der Waals surface area contributed by atoms with Crippen molar-refractivity contribution in [1.82, 2.24) is 10.2 Å². The van der Waals surface area contributed by atoms with E-state index in [1.54, 1.807) is 11.8 Å². The highest BCUT2D eigenvalue weighted by molar-refractivity contribution is 5.82. The number of carbonyl (C=O) groups excluding carboxylic acids is 2. The van der Waals surface area contributed by atoms with Crippen LogP contribution in [0.1, 0.15) is 47.0 Å². The highest BCUT2D eigenvalue weighted by atomic mass is 16.5. The van der Waals surface area contributed by atoms with Gasteiger partial charge in [-0.2, -0.15) is 0 Å². The van der Waals surface area contributed by atoms with E-state index < -0.39 is 5.54 Å². The molecule has 1 aliphatic heterocycles. The van der Waals surface area contributed by atoms with E-state index in [0.29, 0.717) is 32.5 Å². The molecule has 0 saturated carbocycles. The first kappa shape index (κ1) is 16.0. The first-order chi connectivity index (χ1) is 8.95. The molecule has 1 saturated heterocycles. The average Bonchev–Trinajstić information content (AvgIpc) is 2.39. The van der Waals surface area contributed by atoms with E-state index in [-0.39, 0.29) is 17.9 Å². The lowest BCUT2D eigenvalue weighted by atomic mass is 9.86. The molecule has 5 heteroatoms. The number of hydrogen-bond acceptors (Lipinski definition) is 4. The van der Waals surface area contributed by atoms with Crippen LogP contribution in [-0.2, 0) is 14.3 Å². The zero-order valence-corrected chi connectivity index (χ0v) is 12.5. The molecule has 0 spiro atoms. The van der Waals surface area contributed by atoms with Crippen molar-refractivity contribution in [2.24, 2.45) is 0 Å². The fourth-order valence-corrected chi connectivity index (χ4v) is 2.45. The summed E-state index contributed by atoms with van der Waals surface area (Å²) in [6.07, 6.45) is 2.20. The number of nitrogens with zero attached hydrogens (tertiary/aromatic N) is 1. The molecule has 19 heavy (non-hydrogen) atoms. The van der Waals surface area contributed by atoms with E-state index in [1.807, 2.05) is 6.92 Å². The molecule has 1 fully saturated rings. The Bertz CT molecular complexity index is 323. The Balaban J connectivity index is 2.77. The maximum absolute atomic E-state index is 12.3. The third-order valence-electron chi connectivity index (χ3n) is 3.86. The van der Waals surface area contributed by atoms with Crippen LogP contribution in [0.3, 0.4) is 0 Å². The van der Waals surface area contributed by atoms with Crippen molar-refractivity contribution in [3.8, 4) is 0 Å². The molecule has 0 bridgehead atoms. The topological polar surface area (TPSA) is 58.6 Å². The van der Waals surface area contributed by atoms with E-state index in [0.717, 1.165) is 6.42 Å². The predicted octanol–water partition coefficient (Wildman–Crippen LogP) is 1.32. The Morgan fingerprint density at radius 3 is 2.32 bits per heavy atom. The zero-order valence-electron chi connectivity index (χ0n) is 12.5. The Morgan fingerprint density at radius 2 is 1.89 bits per heavy atom. The average molecular weight is 270 g/mol. The van der Waals surface area contributed by atoms with Gasteiger partial charge in [0.2, 0.25) is 5.91 Å². The van der Waals surface area contributed by atoms with Gasteiger partial charge in [0.05, 0.1) is 6.61 Å². The number of nitrogens with one attached hydrogen (secondary N) is 1. The summed E-state index contributed by atoms with van der Waals surface area (Å²) < 4.78 is 5.22. The quantitative estimate of drug-likeness (QED) is 0.765. The summed E-state index contributed by atoms with van der Waals surface area (Å²) in [5.74, 6) is -0.112. The summed E-state index contributed by atoms with van der Waals surface area (Å²) in [7, 11) is 0. The number of rotatable bonds is 5. The zero-order chi connectivity index (χ0) is 14.5. The molecule has 1 N–H and O–H groups in total. The lowest BCUT2D eigenvalue weighted by Crippen LogP contribution is -2.61. The van der Waals surface area contributed by atoms with Crippen LogP contribution in [0.2, 0.25) is 0 Å². The molecular weight excluding hydrogens is 244 g/mol. The summed E-state index contributed by atoms with van der Waals surface area (Å²) in [5, 5.41) is 3.41. The molecular formula is C14H26N2O3. The van der Waals surface area contributed by atoms with Gasteiger partial charge in [0.25, 0.3) is 0 Å². The minimum absolute atomic E-state index is 0.0704. The van der Waals surface area contributed by atoms with Gasteiger partial charge in [0.15, 0.2) is 0 Å². The maximum atomic E-state index is 12.3. The molecule has 5 nitrogen and oxygen atoms in total. The van der Waals surface area contributed by atoms with Gasteiger partial charge in [-0.15, -0.1) is 0 Å². The number of likely N-dealkylation sites (tertiary alicyclic amines) is 1. The summed E-state index contributed by atoms with van der Waals surface area (Å²) in [6, 6.07) is 0.258. The van der Waals surface area contributed by atoms with Gasteiger partial charge in [-0.25, -0.2) is 0 Å². The molecule has 0 aliphatic carbocycles. The lowest BCUT2D eigenvalue weighted by molar-refractivity contribution is -0.155. The molecule has 1 rings (SSSR count). The third-order valence-corrected chi connectivity index (χ3v) is 3.86. The SMILES string of the molecule is CCOC(=O)C1(NC(C)CC)CCN(C(C)=O)CC1. The van der Waals surface area contributed by atoms with E-state index in [2.05, 4.69) is 19.2 Å². The Morgan fingerprint density at radius 1 is 1.32 bits per heavy atom. The molecule has 1 unspecified atom stereocenters. The normalized spacial score (nSPS) is 19.9. The van der Waals surface area contributed by atoms with Crippen LogP contribution in [0.4, 0.5) is 0 Å². The molecule has 1 heterocycles. The standard InChI is InChI=1S/C14H26N2O3/c1-5-11(3)15-14(13(18)19-6-2)7-9-16(10-8-14)12(4)17/h11,15H,5-10H2,1-4H3. The molecule has 1 amide bonds. The van der Waals surface area contributed by atoms with Crippen molar-refractivity contribution in [2.45, 2.75) is 58.5 Å². The molecule has 1 atom stereocenters. The van der Waals surface area contributed by atoms with Crippen LogP contribution in [0.15, 0.2) is 0 Å². The molecule has 0 aromatic carbocycles. The van der Waals surface area contributed by atoms with E-state index >= 15 is 0 Å². The van der Waals surface area contributed by atoms with E-state index in [1.165, 1.54) is 0 Å². The number of piperidine rings is 1. The van der Waals surface area contributed by atoms with Crippen molar-refractivity contribution in [2.75, 3.05) is 19.7 Å². The number of carbonyl (C=O) groups is 2. The highest BCUT2D eigenvalue weighted by Gasteiger charge is 2.43. The van der Waals surface area contributed by atoms with Crippen LogP contribution >= 0.6 is 0 Å². The molecule has 110 valence electrons. The second kappa shape index (κ2) is 6.89. The van der Waals surface area contributed by atoms with Gasteiger partial charge in [-0.1, -0.05) is 6.92 Å². The Hall–Kier alpha value is -1.10. The summed E-state index contributed by atoms with van der Waals surface area (Å²) in [5.41, 5.74) is -0.628. The van der Waals surface area contributed by atoms with E-state index in [9.17, 15) is 9.59 Å². The number of ether oxygens (including phenoxy) is 1. The number of amides is 1. The minimum atomic E-state index is -0.628. The summed E-state index contributed by atoms with van der Waals surface area (Å²) >= 11 is 0. The van der Waals surface area contributed by atoms with E-state index in [4.69, 9.17) is 4.74 Å². The molecule has 1 aliphatic rings. The van der Waals surface area contributed by atoms with Gasteiger partial charge >= 0.3 is 5.97 Å².